The number of hydrogen-bond donors (Lipinski definition) is 1. The Kier molecular flexibility index (Phi) is 2.96. The average molecular weight is 241 g/mol. The lowest BCUT2D eigenvalue weighted by atomic mass is 10.0. The van der Waals surface area contributed by atoms with Crippen LogP contribution in [0, 0.1) is 0 Å². The van der Waals surface area contributed by atoms with Crippen LogP contribution < -0.4 is 5.32 Å². The molecule has 3 heteroatoms. The molecule has 0 aromatic carbocycles. The van der Waals surface area contributed by atoms with Gasteiger partial charge in [-0.1, -0.05) is 12.5 Å². The zero-order chi connectivity index (χ0) is 9.10. The predicted molar refractivity (Wildman–Crippen MR) is 56.5 cm³/mol. The second-order valence-corrected chi connectivity index (χ2v) is 4.20. The van der Waals surface area contributed by atoms with Crippen LogP contribution in [0.2, 0.25) is 0 Å². The Morgan fingerprint density at radius 3 is 3.00 bits per heavy atom. The van der Waals surface area contributed by atoms with Gasteiger partial charge in [-0.05, 0) is 47.4 Å². The van der Waals surface area contributed by atoms with Gasteiger partial charge in [-0.25, -0.2) is 4.98 Å². The molecule has 0 radical (unpaired) electrons. The summed E-state index contributed by atoms with van der Waals surface area (Å²) in [5.41, 5.74) is 1.16. The molecule has 2 heterocycles. The van der Waals surface area contributed by atoms with Gasteiger partial charge in [-0.2, -0.15) is 0 Å². The molecule has 1 aliphatic heterocycles. The highest BCUT2D eigenvalue weighted by Crippen LogP contribution is 2.22. The second-order valence-electron chi connectivity index (χ2n) is 3.39. The van der Waals surface area contributed by atoms with Crippen molar-refractivity contribution < 1.29 is 0 Å². The number of halogens is 1. The third-order valence-corrected chi connectivity index (χ3v) is 2.85. The Hall–Kier alpha value is -0.410. The van der Waals surface area contributed by atoms with Crippen molar-refractivity contribution in [1.82, 2.24) is 10.3 Å². The van der Waals surface area contributed by atoms with Gasteiger partial charge in [0.05, 0.1) is 5.69 Å². The maximum absolute atomic E-state index is 4.45. The molecule has 2 rings (SSSR count). The van der Waals surface area contributed by atoms with Gasteiger partial charge in [-0.3, -0.25) is 0 Å². The molecule has 1 fully saturated rings. The van der Waals surface area contributed by atoms with Crippen LogP contribution in [-0.2, 0) is 0 Å². The van der Waals surface area contributed by atoms with Crippen LogP contribution in [0.5, 0.6) is 0 Å². The summed E-state index contributed by atoms with van der Waals surface area (Å²) in [6.07, 6.45) is 3.82. The standard InChI is InChI=1S/C10H13BrN2/c11-10-6-3-5-9(13-10)8-4-1-2-7-12-8/h3,5-6,8,12H,1-2,4,7H2. The highest BCUT2D eigenvalue weighted by Gasteiger charge is 2.15. The first-order valence-electron chi connectivity index (χ1n) is 4.72. The van der Waals surface area contributed by atoms with Crippen LogP contribution in [0.3, 0.4) is 0 Å². The topological polar surface area (TPSA) is 24.9 Å². The van der Waals surface area contributed by atoms with Gasteiger partial charge < -0.3 is 5.32 Å². The zero-order valence-electron chi connectivity index (χ0n) is 7.46. The number of hydrogen-bond acceptors (Lipinski definition) is 2. The van der Waals surface area contributed by atoms with Gasteiger partial charge in [0.25, 0.3) is 0 Å². The molecule has 1 unspecified atom stereocenters. The summed E-state index contributed by atoms with van der Waals surface area (Å²) >= 11 is 3.39. The minimum Gasteiger partial charge on any atom is -0.309 e. The molecular weight excluding hydrogens is 228 g/mol. The quantitative estimate of drug-likeness (QED) is 0.764. The molecule has 1 aromatic rings. The smallest absolute Gasteiger partial charge is 0.106 e. The second kappa shape index (κ2) is 4.20. The Morgan fingerprint density at radius 2 is 2.31 bits per heavy atom. The Bertz CT molecular complexity index is 282. The molecule has 0 saturated carbocycles. The van der Waals surface area contributed by atoms with E-state index in [1.54, 1.807) is 0 Å². The molecule has 1 aliphatic rings. The van der Waals surface area contributed by atoms with Crippen LogP contribution >= 0.6 is 15.9 Å². The number of pyridine rings is 1. The normalized spacial score (nSPS) is 23.0. The molecule has 0 aliphatic carbocycles. The van der Waals surface area contributed by atoms with Crippen molar-refractivity contribution in [2.24, 2.45) is 0 Å². The van der Waals surface area contributed by atoms with Crippen LogP contribution in [0.4, 0.5) is 0 Å². The average Bonchev–Trinajstić information content (AvgIpc) is 2.19. The third-order valence-electron chi connectivity index (χ3n) is 2.40. The molecule has 2 nitrogen and oxygen atoms in total. The minimum absolute atomic E-state index is 0.464. The molecular formula is C10H13BrN2. The molecule has 1 atom stereocenters. The third kappa shape index (κ3) is 2.29. The summed E-state index contributed by atoms with van der Waals surface area (Å²) in [7, 11) is 0. The summed E-state index contributed by atoms with van der Waals surface area (Å²) in [5.74, 6) is 0. The SMILES string of the molecule is Brc1cccc(C2CCCCN2)n1. The van der Waals surface area contributed by atoms with Gasteiger partial charge in [0.15, 0.2) is 0 Å². The lowest BCUT2D eigenvalue weighted by Crippen LogP contribution is -2.27. The fourth-order valence-corrected chi connectivity index (χ4v) is 2.08. The zero-order valence-corrected chi connectivity index (χ0v) is 9.05. The molecule has 0 spiro atoms. The van der Waals surface area contributed by atoms with E-state index >= 15 is 0 Å². The van der Waals surface area contributed by atoms with Gasteiger partial charge in [0.1, 0.15) is 4.60 Å². The molecule has 1 aromatic heterocycles. The number of aromatic nitrogens is 1. The van der Waals surface area contributed by atoms with Crippen molar-refractivity contribution in [3.8, 4) is 0 Å². The lowest BCUT2D eigenvalue weighted by Gasteiger charge is -2.22. The number of rotatable bonds is 1. The van der Waals surface area contributed by atoms with Crippen molar-refractivity contribution in [3.05, 3.63) is 28.5 Å². The fraction of sp³-hybridized carbons (Fsp3) is 0.500. The van der Waals surface area contributed by atoms with Gasteiger partial charge in [0, 0.05) is 6.04 Å². The van der Waals surface area contributed by atoms with E-state index < -0.39 is 0 Å². The van der Waals surface area contributed by atoms with E-state index in [1.807, 2.05) is 12.1 Å². The number of nitrogens with zero attached hydrogens (tertiary/aromatic N) is 1. The number of nitrogens with one attached hydrogen (secondary N) is 1. The largest absolute Gasteiger partial charge is 0.309 e. The summed E-state index contributed by atoms with van der Waals surface area (Å²) in [4.78, 5) is 4.45. The van der Waals surface area contributed by atoms with Crippen LogP contribution in [-0.4, -0.2) is 11.5 Å². The van der Waals surface area contributed by atoms with Crippen molar-refractivity contribution in [2.75, 3.05) is 6.54 Å². The monoisotopic (exact) mass is 240 g/mol. The Balaban J connectivity index is 2.14. The van der Waals surface area contributed by atoms with Crippen LogP contribution in [0.15, 0.2) is 22.8 Å². The first-order valence-corrected chi connectivity index (χ1v) is 5.51. The van der Waals surface area contributed by atoms with E-state index in [0.29, 0.717) is 6.04 Å². The summed E-state index contributed by atoms with van der Waals surface area (Å²) in [6, 6.07) is 6.56. The van der Waals surface area contributed by atoms with Crippen molar-refractivity contribution in [2.45, 2.75) is 25.3 Å². The first-order chi connectivity index (χ1) is 6.36. The van der Waals surface area contributed by atoms with Crippen LogP contribution in [0.25, 0.3) is 0 Å². The van der Waals surface area contributed by atoms with Gasteiger partial charge >= 0.3 is 0 Å². The maximum Gasteiger partial charge on any atom is 0.106 e. The van der Waals surface area contributed by atoms with Gasteiger partial charge in [-0.15, -0.1) is 0 Å². The molecule has 1 saturated heterocycles. The highest BCUT2D eigenvalue weighted by molar-refractivity contribution is 9.10. The maximum atomic E-state index is 4.45. The summed E-state index contributed by atoms with van der Waals surface area (Å²) < 4.78 is 0.928. The minimum atomic E-state index is 0.464. The molecule has 0 bridgehead atoms. The van der Waals surface area contributed by atoms with E-state index in [0.717, 1.165) is 16.8 Å². The van der Waals surface area contributed by atoms with E-state index in [2.05, 4.69) is 32.3 Å². The van der Waals surface area contributed by atoms with E-state index in [4.69, 9.17) is 0 Å². The Morgan fingerprint density at radius 1 is 1.38 bits per heavy atom. The molecule has 13 heavy (non-hydrogen) atoms. The van der Waals surface area contributed by atoms with E-state index in [9.17, 15) is 0 Å². The van der Waals surface area contributed by atoms with Crippen molar-refractivity contribution in [1.29, 1.82) is 0 Å². The predicted octanol–water partition coefficient (Wildman–Crippen LogP) is 2.66. The highest BCUT2D eigenvalue weighted by atomic mass is 79.9. The van der Waals surface area contributed by atoms with Crippen LogP contribution in [0.1, 0.15) is 31.0 Å². The Labute approximate surface area is 86.9 Å². The lowest BCUT2D eigenvalue weighted by molar-refractivity contribution is 0.405. The molecule has 70 valence electrons. The fourth-order valence-electron chi connectivity index (χ4n) is 1.72. The first kappa shape index (κ1) is 9.16. The summed E-state index contributed by atoms with van der Waals surface area (Å²) in [6.45, 7) is 1.12. The summed E-state index contributed by atoms with van der Waals surface area (Å²) in [5, 5.41) is 3.48. The van der Waals surface area contributed by atoms with Crippen molar-refractivity contribution in [3.63, 3.8) is 0 Å². The molecule has 1 N–H and O–H groups in total. The van der Waals surface area contributed by atoms with Crippen molar-refractivity contribution >= 4 is 15.9 Å². The number of piperidine rings is 1. The van der Waals surface area contributed by atoms with E-state index in [-0.39, 0.29) is 0 Å². The molecule has 0 amide bonds. The van der Waals surface area contributed by atoms with Gasteiger partial charge in [0.2, 0.25) is 0 Å². The van der Waals surface area contributed by atoms with E-state index in [1.165, 1.54) is 19.3 Å².